The van der Waals surface area contributed by atoms with Crippen LogP contribution in [-0.2, 0) is 0 Å². The molecule has 246 valence electrons. The van der Waals surface area contributed by atoms with Crippen molar-refractivity contribution in [1.29, 1.82) is 0 Å². The van der Waals surface area contributed by atoms with Crippen LogP contribution in [0, 0.1) is 0 Å². The Labute approximate surface area is 315 Å². The first-order chi connectivity index (χ1) is 28.8. The summed E-state index contributed by atoms with van der Waals surface area (Å²) >= 11 is 0. The van der Waals surface area contributed by atoms with Crippen molar-refractivity contribution in [3.05, 3.63) is 194 Å². The van der Waals surface area contributed by atoms with Crippen molar-refractivity contribution in [1.82, 2.24) is 0 Å². The van der Waals surface area contributed by atoms with Crippen LogP contribution in [0.4, 0.5) is 0 Å². The van der Waals surface area contributed by atoms with Gasteiger partial charge in [-0.1, -0.05) is 164 Å². The summed E-state index contributed by atoms with van der Waals surface area (Å²) in [4.78, 5) is 0. The van der Waals surface area contributed by atoms with Gasteiger partial charge >= 0.3 is 0 Å². The molecule has 0 fully saturated rings. The average molecular weight is 679 g/mol. The van der Waals surface area contributed by atoms with Gasteiger partial charge in [-0.25, -0.2) is 0 Å². The number of hydrogen-bond acceptors (Lipinski definition) is 1. The van der Waals surface area contributed by atoms with E-state index in [0.717, 1.165) is 60.0 Å². The van der Waals surface area contributed by atoms with Gasteiger partial charge < -0.3 is 4.42 Å². The van der Waals surface area contributed by atoms with E-state index < -0.39 is 12.1 Å². The van der Waals surface area contributed by atoms with Gasteiger partial charge in [0.25, 0.3) is 0 Å². The van der Waals surface area contributed by atoms with Gasteiger partial charge in [0, 0.05) is 10.8 Å². The summed E-state index contributed by atoms with van der Waals surface area (Å²) in [6, 6.07) is 51.1. The lowest BCUT2D eigenvalue weighted by molar-refractivity contribution is 0.669. The Kier molecular flexibility index (Phi) is 5.40. The molecule has 11 rings (SSSR count). The molecule has 0 aliphatic heterocycles. The molecule has 11 aromatic rings. The molecule has 0 N–H and O–H groups in total. The highest BCUT2D eigenvalue weighted by atomic mass is 16.3. The highest BCUT2D eigenvalue weighted by Gasteiger charge is 2.19. The first-order valence-corrected chi connectivity index (χ1v) is 17.8. The molecule has 0 bridgehead atoms. The van der Waals surface area contributed by atoms with E-state index in [0.29, 0.717) is 27.9 Å². The van der Waals surface area contributed by atoms with E-state index in [1.54, 1.807) is 0 Å². The van der Waals surface area contributed by atoms with Crippen LogP contribution in [0.5, 0.6) is 0 Å². The quantitative estimate of drug-likeness (QED) is 0.169. The molecule has 0 saturated heterocycles. The fourth-order valence-electron chi connectivity index (χ4n) is 8.14. The summed E-state index contributed by atoms with van der Waals surface area (Å²) in [5, 5.41) is 8.08. The van der Waals surface area contributed by atoms with Crippen molar-refractivity contribution >= 4 is 65.0 Å². The second-order valence-electron chi connectivity index (χ2n) is 13.5. The van der Waals surface area contributed by atoms with Crippen molar-refractivity contribution in [2.24, 2.45) is 0 Å². The van der Waals surface area contributed by atoms with Gasteiger partial charge in [-0.15, -0.1) is 0 Å². The smallest absolute Gasteiger partial charge is 0.136 e. The molecule has 0 aliphatic carbocycles. The molecule has 1 aromatic heterocycles. The lowest BCUT2D eigenvalue weighted by atomic mass is 9.84. The van der Waals surface area contributed by atoms with Gasteiger partial charge in [0.2, 0.25) is 0 Å². The number of furan rings is 1. The maximum atomic E-state index is 9.81. The molecule has 0 radical (unpaired) electrons. The summed E-state index contributed by atoms with van der Waals surface area (Å²) in [5.74, 6) is 0. The fraction of sp³-hybridized carbons (Fsp3) is 0. The Balaban J connectivity index is 1.18. The molecule has 1 nitrogen and oxygen atoms in total. The third kappa shape index (κ3) is 4.71. The Morgan fingerprint density at radius 1 is 0.321 bits per heavy atom. The van der Waals surface area contributed by atoms with E-state index in [1.807, 2.05) is 97.1 Å². The van der Waals surface area contributed by atoms with E-state index >= 15 is 0 Å². The number of rotatable bonds is 4. The highest BCUT2D eigenvalue weighted by molar-refractivity contribution is 6.24. The second-order valence-corrected chi connectivity index (χ2v) is 13.5. The molecule has 1 heteroatoms. The Bertz CT molecular complexity index is 3510. The first-order valence-electron chi connectivity index (χ1n) is 20.8. The zero-order valence-electron chi connectivity index (χ0n) is 34.4. The van der Waals surface area contributed by atoms with Crippen LogP contribution >= 0.6 is 0 Å². The topological polar surface area (TPSA) is 13.1 Å². The minimum Gasteiger partial charge on any atom is -0.456 e. The van der Waals surface area contributed by atoms with Crippen LogP contribution in [-0.4, -0.2) is 0 Å². The van der Waals surface area contributed by atoms with E-state index in [2.05, 4.69) is 60.7 Å². The third-order valence-electron chi connectivity index (χ3n) is 10.6. The van der Waals surface area contributed by atoms with E-state index in [-0.39, 0.29) is 40.5 Å². The van der Waals surface area contributed by atoms with Gasteiger partial charge in [0.1, 0.15) is 11.2 Å². The third-order valence-corrected chi connectivity index (χ3v) is 10.6. The lowest BCUT2D eigenvalue weighted by Gasteiger charge is -2.19. The van der Waals surface area contributed by atoms with Gasteiger partial charge in [-0.2, -0.15) is 0 Å². The van der Waals surface area contributed by atoms with Crippen molar-refractivity contribution < 1.29 is 12.6 Å². The summed E-state index contributed by atoms with van der Waals surface area (Å²) in [7, 11) is 0. The molecule has 1 heterocycles. The molecule has 0 amide bonds. The monoisotopic (exact) mass is 678 g/mol. The fourth-order valence-corrected chi connectivity index (χ4v) is 8.14. The molecule has 0 atom stereocenters. The maximum absolute atomic E-state index is 9.81. The normalized spacial score (nSPS) is 13.4. The van der Waals surface area contributed by atoms with Crippen LogP contribution < -0.4 is 0 Å². The first kappa shape index (κ1) is 24.3. The summed E-state index contributed by atoms with van der Waals surface area (Å²) in [5.41, 5.74) is 7.24. The molecule has 53 heavy (non-hydrogen) atoms. The minimum atomic E-state index is -0.396. The standard InChI is InChI=1S/C52H32O/c1-2-13-34(14-3-1)51-43-18-8-10-20-45(43)52(46-21-11-9-19-44(46)51)47-28-27-39(40-16-6-7-17-41(40)47)38-24-26-42-48-31-37(25-29-49(48)53-50(42)32-38)36-23-22-33-12-4-5-15-35(33)30-36/h1-32H/i6D,7D,16D,17D,27D,28D. The van der Waals surface area contributed by atoms with Gasteiger partial charge in [0.15, 0.2) is 0 Å². The van der Waals surface area contributed by atoms with Crippen molar-refractivity contribution in [3.63, 3.8) is 0 Å². The molecule has 0 saturated carbocycles. The summed E-state index contributed by atoms with van der Waals surface area (Å²) in [6.45, 7) is 0. The molecule has 0 spiro atoms. The largest absolute Gasteiger partial charge is 0.456 e. The average Bonchev–Trinajstić information content (AvgIpc) is 3.65. The molecular formula is C52H32O. The Hall–Kier alpha value is -6.96. The van der Waals surface area contributed by atoms with Gasteiger partial charge in [0.05, 0.1) is 8.22 Å². The van der Waals surface area contributed by atoms with Crippen LogP contribution in [0.1, 0.15) is 8.22 Å². The number of hydrogen-bond donors (Lipinski definition) is 0. The molecular weight excluding hydrogens is 641 g/mol. The minimum absolute atomic E-state index is 0.120. The Morgan fingerprint density at radius 2 is 0.906 bits per heavy atom. The lowest BCUT2D eigenvalue weighted by Crippen LogP contribution is -1.92. The van der Waals surface area contributed by atoms with Crippen molar-refractivity contribution in [3.8, 4) is 44.5 Å². The van der Waals surface area contributed by atoms with Crippen LogP contribution in [0.25, 0.3) is 110 Å². The van der Waals surface area contributed by atoms with E-state index in [9.17, 15) is 5.48 Å². The van der Waals surface area contributed by atoms with E-state index in [4.69, 9.17) is 7.16 Å². The molecule has 0 aliphatic rings. The summed E-state index contributed by atoms with van der Waals surface area (Å²) in [6.07, 6.45) is 0. The van der Waals surface area contributed by atoms with Crippen LogP contribution in [0.15, 0.2) is 198 Å². The van der Waals surface area contributed by atoms with Crippen molar-refractivity contribution in [2.45, 2.75) is 0 Å². The van der Waals surface area contributed by atoms with Gasteiger partial charge in [-0.05, 0) is 118 Å². The maximum Gasteiger partial charge on any atom is 0.136 e. The second kappa shape index (κ2) is 11.8. The van der Waals surface area contributed by atoms with Gasteiger partial charge in [-0.3, -0.25) is 0 Å². The number of benzene rings is 10. The SMILES string of the molecule is [2H]c1c([2H])c([2H])c2c(-c3c4ccccc4c(-c4ccccc4)c4ccccc34)c([2H])c([2H])c(-c3ccc4c(c3)oc3ccc(-c5ccc6ccccc6c5)cc34)c2c1[2H]. The van der Waals surface area contributed by atoms with Crippen LogP contribution in [0.3, 0.4) is 0 Å². The zero-order valence-corrected chi connectivity index (χ0v) is 28.4. The number of fused-ring (bicyclic) bond motifs is 7. The predicted octanol–water partition coefficient (Wildman–Crippen LogP) is 14.9. The van der Waals surface area contributed by atoms with Crippen LogP contribution in [0.2, 0.25) is 0 Å². The molecule has 0 unspecified atom stereocenters. The van der Waals surface area contributed by atoms with E-state index in [1.165, 1.54) is 5.39 Å². The summed E-state index contributed by atoms with van der Waals surface area (Å²) < 4.78 is 62.4. The highest BCUT2D eigenvalue weighted by Crippen LogP contribution is 2.46. The zero-order chi connectivity index (χ0) is 40.1. The predicted molar refractivity (Wildman–Crippen MR) is 225 cm³/mol. The molecule has 10 aromatic carbocycles. The van der Waals surface area contributed by atoms with Crippen molar-refractivity contribution in [2.75, 3.05) is 0 Å². The Morgan fingerprint density at radius 3 is 1.66 bits per heavy atom.